The monoisotopic (exact) mass is 492 g/mol. The number of amides is 1. The third-order valence-electron chi connectivity index (χ3n) is 5.69. The van der Waals surface area contributed by atoms with Gasteiger partial charge >= 0.3 is 0 Å². The molecular formula is C26H28N4O2S2. The maximum atomic E-state index is 13.4. The molecule has 176 valence electrons. The van der Waals surface area contributed by atoms with Gasteiger partial charge in [-0.2, -0.15) is 0 Å². The SMILES string of the molecule is CCCCCNc1nc2ccc(C)cn2c(=O)c1C=C1SC(=S)N(CCc2ccccc2)C1=O. The topological polar surface area (TPSA) is 66.7 Å². The third kappa shape index (κ3) is 5.39. The lowest BCUT2D eigenvalue weighted by Crippen LogP contribution is -2.30. The minimum atomic E-state index is -0.207. The average Bonchev–Trinajstić information content (AvgIpc) is 3.10. The summed E-state index contributed by atoms with van der Waals surface area (Å²) >= 11 is 6.73. The van der Waals surface area contributed by atoms with Crippen LogP contribution in [0.5, 0.6) is 0 Å². The van der Waals surface area contributed by atoms with Crippen LogP contribution in [-0.2, 0) is 11.2 Å². The van der Waals surface area contributed by atoms with Crippen molar-refractivity contribution in [3.8, 4) is 0 Å². The summed E-state index contributed by atoms with van der Waals surface area (Å²) in [5, 5.41) is 3.32. The summed E-state index contributed by atoms with van der Waals surface area (Å²) < 4.78 is 2.04. The van der Waals surface area contributed by atoms with Gasteiger partial charge in [0.15, 0.2) is 0 Å². The van der Waals surface area contributed by atoms with Crippen molar-refractivity contribution in [2.75, 3.05) is 18.4 Å². The molecule has 3 heterocycles. The molecule has 6 nitrogen and oxygen atoms in total. The van der Waals surface area contributed by atoms with Crippen LogP contribution < -0.4 is 10.9 Å². The number of hydrogen-bond donors (Lipinski definition) is 1. The quantitative estimate of drug-likeness (QED) is 0.256. The Morgan fingerprint density at radius 2 is 1.91 bits per heavy atom. The molecule has 8 heteroatoms. The van der Waals surface area contributed by atoms with Crippen molar-refractivity contribution in [2.45, 2.75) is 39.5 Å². The lowest BCUT2D eigenvalue weighted by Gasteiger charge is -2.14. The fraction of sp³-hybridized carbons (Fsp3) is 0.308. The number of thiocarbonyl (C=S) groups is 1. The molecule has 1 aliphatic heterocycles. The van der Waals surface area contributed by atoms with Crippen molar-refractivity contribution in [3.05, 3.63) is 80.6 Å². The summed E-state index contributed by atoms with van der Waals surface area (Å²) in [6.07, 6.45) is 7.31. The summed E-state index contributed by atoms with van der Waals surface area (Å²) in [6.45, 7) is 5.29. The highest BCUT2D eigenvalue weighted by Gasteiger charge is 2.32. The number of aryl methyl sites for hydroxylation is 1. The smallest absolute Gasteiger partial charge is 0.267 e. The first-order valence-corrected chi connectivity index (χ1v) is 12.8. The minimum absolute atomic E-state index is 0.170. The molecule has 0 radical (unpaired) electrons. The molecule has 1 fully saturated rings. The van der Waals surface area contributed by atoms with Crippen molar-refractivity contribution in [3.63, 3.8) is 0 Å². The van der Waals surface area contributed by atoms with Gasteiger partial charge in [-0.3, -0.25) is 18.9 Å². The van der Waals surface area contributed by atoms with Gasteiger partial charge in [0, 0.05) is 19.3 Å². The van der Waals surface area contributed by atoms with Crippen LogP contribution in [0.25, 0.3) is 11.7 Å². The molecule has 1 aliphatic rings. The van der Waals surface area contributed by atoms with Crippen molar-refractivity contribution in [1.82, 2.24) is 14.3 Å². The minimum Gasteiger partial charge on any atom is -0.369 e. The van der Waals surface area contributed by atoms with Gasteiger partial charge in [0.1, 0.15) is 15.8 Å². The Morgan fingerprint density at radius 3 is 2.68 bits per heavy atom. The number of nitrogens with one attached hydrogen (secondary N) is 1. The van der Waals surface area contributed by atoms with Crippen LogP contribution in [0.3, 0.4) is 0 Å². The Kier molecular flexibility index (Phi) is 7.80. The maximum Gasteiger partial charge on any atom is 0.267 e. The third-order valence-corrected chi connectivity index (χ3v) is 7.07. The predicted molar refractivity (Wildman–Crippen MR) is 144 cm³/mol. The Balaban J connectivity index is 1.65. The number of carbonyl (C=O) groups is 1. The number of nitrogens with zero attached hydrogens (tertiary/aromatic N) is 3. The predicted octanol–water partition coefficient (Wildman–Crippen LogP) is 5.05. The van der Waals surface area contributed by atoms with Crippen LogP contribution in [0.15, 0.2) is 58.4 Å². The van der Waals surface area contributed by atoms with Crippen LogP contribution in [0.1, 0.15) is 42.9 Å². The van der Waals surface area contributed by atoms with Crippen molar-refractivity contribution >= 4 is 51.7 Å². The molecule has 2 aromatic heterocycles. The van der Waals surface area contributed by atoms with Crippen molar-refractivity contribution in [1.29, 1.82) is 0 Å². The number of fused-ring (bicyclic) bond motifs is 1. The lowest BCUT2D eigenvalue weighted by molar-refractivity contribution is -0.122. The second-order valence-electron chi connectivity index (χ2n) is 8.32. The molecule has 0 spiro atoms. The van der Waals surface area contributed by atoms with E-state index < -0.39 is 0 Å². The van der Waals surface area contributed by atoms with Gasteiger partial charge in [0.2, 0.25) is 0 Å². The highest BCUT2D eigenvalue weighted by molar-refractivity contribution is 8.26. The Morgan fingerprint density at radius 1 is 1.12 bits per heavy atom. The number of unbranched alkanes of at least 4 members (excludes halogenated alkanes) is 2. The van der Waals surface area contributed by atoms with Gasteiger partial charge in [0.05, 0.1) is 10.5 Å². The largest absolute Gasteiger partial charge is 0.369 e. The summed E-state index contributed by atoms with van der Waals surface area (Å²) in [7, 11) is 0. The highest BCUT2D eigenvalue weighted by Crippen LogP contribution is 2.33. The van der Waals surface area contributed by atoms with Crippen LogP contribution in [0.4, 0.5) is 5.82 Å². The fourth-order valence-electron chi connectivity index (χ4n) is 3.81. The van der Waals surface area contributed by atoms with E-state index in [1.807, 2.05) is 49.4 Å². The maximum absolute atomic E-state index is 13.4. The number of hydrogen-bond acceptors (Lipinski definition) is 6. The highest BCUT2D eigenvalue weighted by atomic mass is 32.2. The molecule has 1 aromatic carbocycles. The van der Waals surface area contributed by atoms with Crippen LogP contribution in [0, 0.1) is 6.92 Å². The summed E-state index contributed by atoms with van der Waals surface area (Å²) in [4.78, 5) is 33.4. The number of benzene rings is 1. The molecule has 34 heavy (non-hydrogen) atoms. The average molecular weight is 493 g/mol. The van der Waals surface area contributed by atoms with E-state index in [2.05, 4.69) is 12.2 Å². The van der Waals surface area contributed by atoms with Gasteiger partial charge in [-0.15, -0.1) is 0 Å². The molecule has 0 unspecified atom stereocenters. The molecule has 4 rings (SSSR count). The summed E-state index contributed by atoms with van der Waals surface area (Å²) in [6, 6.07) is 13.8. The van der Waals surface area contributed by atoms with Gasteiger partial charge in [-0.1, -0.05) is 80.1 Å². The van der Waals surface area contributed by atoms with E-state index in [1.165, 1.54) is 16.2 Å². The van der Waals surface area contributed by atoms with Crippen LogP contribution in [-0.4, -0.2) is 37.6 Å². The van der Waals surface area contributed by atoms with E-state index in [1.54, 1.807) is 17.2 Å². The Hall–Kier alpha value is -2.97. The van der Waals surface area contributed by atoms with Crippen LogP contribution in [0.2, 0.25) is 0 Å². The normalized spacial score (nSPS) is 15.0. The molecule has 0 bridgehead atoms. The molecule has 3 aromatic rings. The van der Waals surface area contributed by atoms with Gasteiger partial charge in [-0.25, -0.2) is 4.98 Å². The van der Waals surface area contributed by atoms with E-state index in [4.69, 9.17) is 17.2 Å². The molecular weight excluding hydrogens is 464 g/mol. The van der Waals surface area contributed by atoms with E-state index in [9.17, 15) is 9.59 Å². The Labute approximate surface area is 209 Å². The van der Waals surface area contributed by atoms with Gasteiger partial charge < -0.3 is 5.32 Å². The fourth-order valence-corrected chi connectivity index (χ4v) is 5.11. The first-order valence-electron chi connectivity index (χ1n) is 11.5. The number of rotatable bonds is 9. The number of aromatic nitrogens is 2. The van der Waals surface area contributed by atoms with E-state index >= 15 is 0 Å². The molecule has 1 N–H and O–H groups in total. The van der Waals surface area contributed by atoms with Crippen LogP contribution >= 0.6 is 24.0 Å². The first-order chi connectivity index (χ1) is 16.5. The molecule has 0 aliphatic carbocycles. The molecule has 1 saturated heterocycles. The molecule has 1 amide bonds. The zero-order valence-electron chi connectivity index (χ0n) is 19.4. The summed E-state index contributed by atoms with van der Waals surface area (Å²) in [5.74, 6) is 0.330. The van der Waals surface area contributed by atoms with E-state index in [0.29, 0.717) is 45.8 Å². The standard InChI is InChI=1S/C26H28N4O2S2/c1-3-4-8-14-27-23-20(24(31)30-17-18(2)11-12-22(30)28-23)16-21-25(32)29(26(33)34-21)15-13-19-9-6-5-7-10-19/h5-7,9-12,16-17,27H,3-4,8,13-15H2,1-2H3. The second-order valence-corrected chi connectivity index (χ2v) is 9.99. The number of pyridine rings is 1. The molecule has 0 atom stereocenters. The van der Waals surface area contributed by atoms with E-state index in [-0.39, 0.29) is 11.5 Å². The molecule has 0 saturated carbocycles. The first kappa shape index (κ1) is 24.2. The zero-order valence-corrected chi connectivity index (χ0v) is 21.0. The van der Waals surface area contributed by atoms with Crippen molar-refractivity contribution in [2.24, 2.45) is 0 Å². The second kappa shape index (κ2) is 11.0. The van der Waals surface area contributed by atoms with Gasteiger partial charge in [-0.05, 0) is 43.0 Å². The number of carbonyl (C=O) groups excluding carboxylic acids is 1. The number of anilines is 1. The summed E-state index contributed by atoms with van der Waals surface area (Å²) in [5.41, 5.74) is 2.84. The number of thioether (sulfide) groups is 1. The van der Waals surface area contributed by atoms with E-state index in [0.717, 1.165) is 30.4 Å². The lowest BCUT2D eigenvalue weighted by atomic mass is 10.1. The van der Waals surface area contributed by atoms with Gasteiger partial charge in [0.25, 0.3) is 11.5 Å². The van der Waals surface area contributed by atoms with Crippen molar-refractivity contribution < 1.29 is 4.79 Å². The Bertz CT molecular complexity index is 1300. The zero-order chi connectivity index (χ0) is 24.1.